The van der Waals surface area contributed by atoms with E-state index in [2.05, 4.69) is 15.0 Å². The summed E-state index contributed by atoms with van der Waals surface area (Å²) in [7, 11) is 0. The van der Waals surface area contributed by atoms with Crippen LogP contribution >= 0.6 is 23.2 Å². The average Bonchev–Trinajstić information content (AvgIpc) is 1.59. The molecule has 0 spiro atoms. The molecule has 0 aliphatic rings. The minimum Gasteiger partial charge on any atom is -0.202 e. The highest BCUT2D eigenvalue weighted by atomic mass is 35.5. The molecule has 0 saturated heterocycles. The van der Waals surface area contributed by atoms with E-state index < -0.39 is 0 Å². The summed E-state index contributed by atoms with van der Waals surface area (Å²) in [5.74, 6) is 0.0278. The van der Waals surface area contributed by atoms with Gasteiger partial charge in [-0.3, -0.25) is 0 Å². The fourth-order valence-corrected chi connectivity index (χ4v) is 0.717. The van der Waals surface area contributed by atoms with Gasteiger partial charge in [-0.15, -0.1) is 0 Å². The molecule has 5 heteroatoms. The quantitative estimate of drug-likeness (QED) is 0.575. The molecule has 46 valence electrons. The standard InChI is InChI=1S/C4HCl2N3/c1-2-7-3(5)9-4(6)8-2/h1H. The van der Waals surface area contributed by atoms with Gasteiger partial charge in [-0.1, -0.05) is 0 Å². The fraction of sp³-hybridized carbons (Fsp3) is 0. The highest BCUT2D eigenvalue weighted by Gasteiger charge is 1.96. The maximum atomic E-state index is 5.32. The van der Waals surface area contributed by atoms with Crippen molar-refractivity contribution in [2.24, 2.45) is 0 Å². The van der Waals surface area contributed by atoms with E-state index in [0.29, 0.717) is 0 Å². The van der Waals surface area contributed by atoms with E-state index in [0.717, 1.165) is 0 Å². The van der Waals surface area contributed by atoms with Crippen LogP contribution in [0.15, 0.2) is 0 Å². The molecule has 1 heterocycles. The molecule has 1 rings (SSSR count). The van der Waals surface area contributed by atoms with Crippen molar-refractivity contribution >= 4 is 23.2 Å². The lowest BCUT2D eigenvalue weighted by Crippen LogP contribution is -1.91. The van der Waals surface area contributed by atoms with Gasteiger partial charge >= 0.3 is 0 Å². The van der Waals surface area contributed by atoms with Gasteiger partial charge < -0.3 is 0 Å². The van der Waals surface area contributed by atoms with Crippen LogP contribution < -0.4 is 0 Å². The van der Waals surface area contributed by atoms with Gasteiger partial charge in [-0.05, 0) is 23.2 Å². The second-order valence-corrected chi connectivity index (χ2v) is 1.91. The van der Waals surface area contributed by atoms with Gasteiger partial charge in [0.05, 0.1) is 0 Å². The predicted molar refractivity (Wildman–Crippen MR) is 33.2 cm³/mol. The van der Waals surface area contributed by atoms with Crippen LogP contribution in [0.5, 0.6) is 0 Å². The Morgan fingerprint density at radius 3 is 1.78 bits per heavy atom. The summed E-state index contributed by atoms with van der Waals surface area (Å²) in [6.07, 6.45) is 0. The molecular formula is C4HCl2N3. The molecule has 2 radical (unpaired) electrons. The van der Waals surface area contributed by atoms with Crippen LogP contribution in [0.3, 0.4) is 0 Å². The Balaban J connectivity index is 3.17. The molecule has 0 aliphatic heterocycles. The maximum Gasteiger partial charge on any atom is 0.226 e. The third kappa shape index (κ3) is 1.77. The van der Waals surface area contributed by atoms with Crippen LogP contribution in [0.4, 0.5) is 0 Å². The van der Waals surface area contributed by atoms with E-state index >= 15 is 0 Å². The molecule has 0 amide bonds. The number of aromatic nitrogens is 3. The molecule has 0 N–H and O–H groups in total. The van der Waals surface area contributed by atoms with E-state index in [1.54, 1.807) is 0 Å². The summed E-state index contributed by atoms with van der Waals surface area (Å²) >= 11 is 10.6. The van der Waals surface area contributed by atoms with Crippen LogP contribution in [0.1, 0.15) is 5.82 Å². The normalized spacial score (nSPS) is 9.67. The third-order valence-electron chi connectivity index (χ3n) is 0.598. The summed E-state index contributed by atoms with van der Waals surface area (Å²) in [6.45, 7) is 5.13. The lowest BCUT2D eigenvalue weighted by molar-refractivity contribution is 1.01. The molecule has 0 fully saturated rings. The van der Waals surface area contributed by atoms with Crippen molar-refractivity contribution in [3.05, 3.63) is 23.3 Å². The van der Waals surface area contributed by atoms with Crippen LogP contribution in [-0.4, -0.2) is 15.0 Å². The molecular weight excluding hydrogens is 161 g/mol. The SMILES string of the molecule is [CH]c1nc(Cl)nc(Cl)n1. The molecule has 9 heavy (non-hydrogen) atoms. The van der Waals surface area contributed by atoms with Gasteiger partial charge in [0, 0.05) is 6.92 Å². The smallest absolute Gasteiger partial charge is 0.202 e. The van der Waals surface area contributed by atoms with Crippen LogP contribution in [0.25, 0.3) is 0 Å². The summed E-state index contributed by atoms with van der Waals surface area (Å²) in [5.41, 5.74) is 0. The summed E-state index contributed by atoms with van der Waals surface area (Å²) in [4.78, 5) is 10.4. The highest BCUT2D eigenvalue weighted by Crippen LogP contribution is 2.04. The predicted octanol–water partition coefficient (Wildman–Crippen LogP) is 1.24. The number of halogens is 2. The Labute approximate surface area is 62.1 Å². The maximum absolute atomic E-state index is 5.32. The van der Waals surface area contributed by atoms with E-state index in [-0.39, 0.29) is 16.4 Å². The monoisotopic (exact) mass is 161 g/mol. The van der Waals surface area contributed by atoms with Crippen molar-refractivity contribution in [3.8, 4) is 0 Å². The summed E-state index contributed by atoms with van der Waals surface area (Å²) in [6, 6.07) is 0. The van der Waals surface area contributed by atoms with Crippen LogP contribution in [0.2, 0.25) is 10.6 Å². The van der Waals surface area contributed by atoms with Gasteiger partial charge in [0.25, 0.3) is 0 Å². The van der Waals surface area contributed by atoms with E-state index in [1.807, 2.05) is 0 Å². The van der Waals surface area contributed by atoms with Gasteiger partial charge in [0.2, 0.25) is 10.6 Å². The number of hydrogen-bond acceptors (Lipinski definition) is 3. The minimum absolute atomic E-state index is 0.00694. The average molecular weight is 162 g/mol. The Hall–Kier alpha value is -0.410. The van der Waals surface area contributed by atoms with E-state index in [9.17, 15) is 0 Å². The molecule has 0 aromatic carbocycles. The van der Waals surface area contributed by atoms with Crippen LogP contribution in [-0.2, 0) is 0 Å². The van der Waals surface area contributed by atoms with Crippen molar-refractivity contribution in [2.45, 2.75) is 0 Å². The van der Waals surface area contributed by atoms with Gasteiger partial charge in [-0.2, -0.15) is 4.98 Å². The summed E-state index contributed by atoms with van der Waals surface area (Å²) < 4.78 is 0. The van der Waals surface area contributed by atoms with Crippen molar-refractivity contribution in [3.63, 3.8) is 0 Å². The van der Waals surface area contributed by atoms with Crippen molar-refractivity contribution in [2.75, 3.05) is 0 Å². The second kappa shape index (κ2) is 2.45. The Morgan fingerprint density at radius 1 is 1.00 bits per heavy atom. The third-order valence-corrected chi connectivity index (χ3v) is 0.936. The largest absolute Gasteiger partial charge is 0.226 e. The first kappa shape index (κ1) is 6.71. The van der Waals surface area contributed by atoms with Crippen molar-refractivity contribution in [1.29, 1.82) is 0 Å². The van der Waals surface area contributed by atoms with E-state index in [1.165, 1.54) is 0 Å². The lowest BCUT2D eigenvalue weighted by atomic mass is 10.7. The zero-order chi connectivity index (χ0) is 6.85. The first-order valence-electron chi connectivity index (χ1n) is 2.01. The van der Waals surface area contributed by atoms with Crippen LogP contribution in [0, 0.1) is 6.92 Å². The number of rotatable bonds is 0. The van der Waals surface area contributed by atoms with E-state index in [4.69, 9.17) is 30.1 Å². The first-order chi connectivity index (χ1) is 4.18. The first-order valence-corrected chi connectivity index (χ1v) is 2.76. The molecule has 1 aromatic rings. The lowest BCUT2D eigenvalue weighted by Gasteiger charge is -1.90. The molecule has 0 saturated carbocycles. The molecule has 1 aromatic heterocycles. The van der Waals surface area contributed by atoms with Gasteiger partial charge in [0.1, 0.15) is 5.82 Å². The molecule has 0 atom stereocenters. The number of nitrogens with zero attached hydrogens (tertiary/aromatic N) is 3. The highest BCUT2D eigenvalue weighted by molar-refractivity contribution is 6.30. The van der Waals surface area contributed by atoms with Crippen molar-refractivity contribution in [1.82, 2.24) is 15.0 Å². The molecule has 0 bridgehead atoms. The topological polar surface area (TPSA) is 38.7 Å². The molecule has 3 nitrogen and oxygen atoms in total. The summed E-state index contributed by atoms with van der Waals surface area (Å²) in [5, 5.41) is 0.0139. The zero-order valence-electron chi connectivity index (χ0n) is 4.17. The number of hydrogen-bond donors (Lipinski definition) is 0. The second-order valence-electron chi connectivity index (χ2n) is 1.23. The Kier molecular flexibility index (Phi) is 1.83. The zero-order valence-corrected chi connectivity index (χ0v) is 5.69. The minimum atomic E-state index is 0.00694. The van der Waals surface area contributed by atoms with Crippen molar-refractivity contribution < 1.29 is 0 Å². The molecule has 0 aliphatic carbocycles. The van der Waals surface area contributed by atoms with Gasteiger partial charge in [-0.25, -0.2) is 9.97 Å². The fourth-order valence-electron chi connectivity index (χ4n) is 0.340. The Bertz CT molecular complexity index is 175. The molecule has 0 unspecified atom stereocenters. The van der Waals surface area contributed by atoms with Gasteiger partial charge in [0.15, 0.2) is 0 Å². The Morgan fingerprint density at radius 2 is 1.44 bits per heavy atom.